The summed E-state index contributed by atoms with van der Waals surface area (Å²) in [7, 11) is 0. The maximum atomic E-state index is 11.8. The van der Waals surface area contributed by atoms with Gasteiger partial charge in [0.15, 0.2) is 0 Å². The Bertz CT molecular complexity index is 549. The second-order valence-corrected chi connectivity index (χ2v) is 4.93. The lowest BCUT2D eigenvalue weighted by Gasteiger charge is -2.09. The van der Waals surface area contributed by atoms with Crippen molar-refractivity contribution in [3.63, 3.8) is 0 Å². The topological polar surface area (TPSA) is 41.1 Å². The fraction of sp³-hybridized carbons (Fsp3) is 0. The SMILES string of the molecule is C=C(NNC(=O)c1ccc(Cl)cc1)c1cccs1. The quantitative estimate of drug-likeness (QED) is 0.843. The van der Waals surface area contributed by atoms with Crippen LogP contribution in [0.5, 0.6) is 0 Å². The van der Waals surface area contributed by atoms with E-state index in [1.165, 1.54) is 0 Å². The molecule has 18 heavy (non-hydrogen) atoms. The van der Waals surface area contributed by atoms with Gasteiger partial charge >= 0.3 is 0 Å². The first-order chi connectivity index (χ1) is 8.66. The number of hydrogen-bond acceptors (Lipinski definition) is 3. The molecule has 0 atom stereocenters. The standard InChI is InChI=1S/C13H11ClN2OS/c1-9(12-3-2-8-18-12)15-16-13(17)10-4-6-11(14)7-5-10/h2-8,15H,1H2,(H,16,17). The zero-order chi connectivity index (χ0) is 13.0. The zero-order valence-electron chi connectivity index (χ0n) is 9.44. The van der Waals surface area contributed by atoms with Gasteiger partial charge in [0.2, 0.25) is 0 Å². The molecule has 0 aliphatic carbocycles. The Balaban J connectivity index is 1.92. The van der Waals surface area contributed by atoms with Gasteiger partial charge in [-0.3, -0.25) is 15.6 Å². The molecule has 2 aromatic rings. The van der Waals surface area contributed by atoms with Gasteiger partial charge in [0.25, 0.3) is 5.91 Å². The van der Waals surface area contributed by atoms with Crippen LogP contribution >= 0.6 is 22.9 Å². The summed E-state index contributed by atoms with van der Waals surface area (Å²) in [5, 5.41) is 2.55. The molecule has 5 heteroatoms. The molecule has 2 rings (SSSR count). The Morgan fingerprint density at radius 1 is 1.17 bits per heavy atom. The minimum Gasteiger partial charge on any atom is -0.298 e. The first-order valence-corrected chi connectivity index (χ1v) is 6.47. The van der Waals surface area contributed by atoms with Crippen molar-refractivity contribution in [1.82, 2.24) is 10.9 Å². The second-order valence-electron chi connectivity index (χ2n) is 3.54. The molecule has 0 bridgehead atoms. The third kappa shape index (κ3) is 3.12. The maximum absolute atomic E-state index is 11.8. The molecule has 0 unspecified atom stereocenters. The summed E-state index contributed by atoms with van der Waals surface area (Å²) >= 11 is 7.30. The summed E-state index contributed by atoms with van der Waals surface area (Å²) in [6.45, 7) is 3.84. The van der Waals surface area contributed by atoms with Crippen molar-refractivity contribution in [2.24, 2.45) is 0 Å². The van der Waals surface area contributed by atoms with E-state index in [0.29, 0.717) is 16.3 Å². The van der Waals surface area contributed by atoms with Crippen molar-refractivity contribution in [1.29, 1.82) is 0 Å². The number of amides is 1. The molecule has 1 aromatic carbocycles. The predicted molar refractivity (Wildman–Crippen MR) is 75.4 cm³/mol. The number of halogens is 1. The Morgan fingerprint density at radius 2 is 1.89 bits per heavy atom. The van der Waals surface area contributed by atoms with Gasteiger partial charge in [-0.25, -0.2) is 0 Å². The highest BCUT2D eigenvalue weighted by Gasteiger charge is 2.05. The Labute approximate surface area is 114 Å². The minimum absolute atomic E-state index is 0.232. The van der Waals surface area contributed by atoms with Gasteiger partial charge in [-0.05, 0) is 35.7 Å². The van der Waals surface area contributed by atoms with Gasteiger partial charge in [-0.1, -0.05) is 24.2 Å². The van der Waals surface area contributed by atoms with Gasteiger partial charge in [0.1, 0.15) is 0 Å². The average molecular weight is 279 g/mol. The highest BCUT2D eigenvalue weighted by atomic mass is 35.5. The largest absolute Gasteiger partial charge is 0.298 e. The van der Waals surface area contributed by atoms with Gasteiger partial charge in [0.05, 0.1) is 10.6 Å². The van der Waals surface area contributed by atoms with E-state index in [1.807, 2.05) is 17.5 Å². The zero-order valence-corrected chi connectivity index (χ0v) is 11.0. The minimum atomic E-state index is -0.232. The van der Waals surface area contributed by atoms with E-state index in [4.69, 9.17) is 11.6 Å². The van der Waals surface area contributed by atoms with E-state index in [1.54, 1.807) is 35.6 Å². The molecule has 0 fully saturated rings. The van der Waals surface area contributed by atoms with Gasteiger partial charge in [0, 0.05) is 10.6 Å². The van der Waals surface area contributed by atoms with E-state index in [-0.39, 0.29) is 5.91 Å². The lowest BCUT2D eigenvalue weighted by atomic mass is 10.2. The summed E-state index contributed by atoms with van der Waals surface area (Å²) in [5.41, 5.74) is 6.56. The number of carbonyl (C=O) groups excluding carboxylic acids is 1. The number of carbonyl (C=O) groups is 1. The fourth-order valence-electron chi connectivity index (χ4n) is 1.32. The highest BCUT2D eigenvalue weighted by molar-refractivity contribution is 7.11. The van der Waals surface area contributed by atoms with Crippen LogP contribution in [0.15, 0.2) is 48.4 Å². The number of hydrogen-bond donors (Lipinski definition) is 2. The molecule has 0 saturated heterocycles. The molecular weight excluding hydrogens is 268 g/mol. The van der Waals surface area contributed by atoms with E-state index in [2.05, 4.69) is 17.4 Å². The summed E-state index contributed by atoms with van der Waals surface area (Å²) in [5.74, 6) is -0.232. The normalized spacial score (nSPS) is 9.83. The molecular formula is C13H11ClN2OS. The van der Waals surface area contributed by atoms with Crippen LogP contribution in [0.3, 0.4) is 0 Å². The number of nitrogens with one attached hydrogen (secondary N) is 2. The maximum Gasteiger partial charge on any atom is 0.269 e. The Kier molecular flexibility index (Phi) is 4.02. The van der Waals surface area contributed by atoms with Crippen LogP contribution in [0.1, 0.15) is 15.2 Å². The third-order valence-electron chi connectivity index (χ3n) is 2.25. The van der Waals surface area contributed by atoms with Crippen molar-refractivity contribution in [3.8, 4) is 0 Å². The van der Waals surface area contributed by atoms with Crippen LogP contribution in [-0.2, 0) is 0 Å². The molecule has 0 aliphatic heterocycles. The van der Waals surface area contributed by atoms with Crippen molar-refractivity contribution in [2.45, 2.75) is 0 Å². The fourth-order valence-corrected chi connectivity index (χ4v) is 2.10. The summed E-state index contributed by atoms with van der Waals surface area (Å²) < 4.78 is 0. The number of hydrazine groups is 1. The van der Waals surface area contributed by atoms with E-state index in [9.17, 15) is 4.79 Å². The lowest BCUT2D eigenvalue weighted by Crippen LogP contribution is -2.35. The second kappa shape index (κ2) is 5.71. The van der Waals surface area contributed by atoms with E-state index in [0.717, 1.165) is 4.88 Å². The monoisotopic (exact) mass is 278 g/mol. The van der Waals surface area contributed by atoms with Crippen molar-refractivity contribution in [2.75, 3.05) is 0 Å². The molecule has 1 aromatic heterocycles. The van der Waals surface area contributed by atoms with Gasteiger partial charge < -0.3 is 0 Å². The van der Waals surface area contributed by atoms with Gasteiger partial charge in [-0.2, -0.15) is 0 Å². The predicted octanol–water partition coefficient (Wildman–Crippen LogP) is 3.31. The van der Waals surface area contributed by atoms with Crippen LogP contribution in [0.2, 0.25) is 5.02 Å². The molecule has 92 valence electrons. The number of benzene rings is 1. The number of rotatable bonds is 4. The molecule has 2 N–H and O–H groups in total. The number of thiophene rings is 1. The van der Waals surface area contributed by atoms with Crippen molar-refractivity contribution >= 4 is 34.5 Å². The molecule has 1 heterocycles. The van der Waals surface area contributed by atoms with E-state index >= 15 is 0 Å². The first kappa shape index (κ1) is 12.7. The van der Waals surface area contributed by atoms with Gasteiger partial charge in [-0.15, -0.1) is 11.3 Å². The molecule has 0 saturated carbocycles. The summed E-state index contributed by atoms with van der Waals surface area (Å²) in [6, 6.07) is 10.5. The molecule has 0 spiro atoms. The Morgan fingerprint density at radius 3 is 2.50 bits per heavy atom. The summed E-state index contributed by atoms with van der Waals surface area (Å²) in [4.78, 5) is 12.8. The molecule has 1 amide bonds. The molecule has 3 nitrogen and oxygen atoms in total. The highest BCUT2D eigenvalue weighted by Crippen LogP contribution is 2.15. The van der Waals surface area contributed by atoms with E-state index < -0.39 is 0 Å². The van der Waals surface area contributed by atoms with Crippen LogP contribution < -0.4 is 10.9 Å². The summed E-state index contributed by atoms with van der Waals surface area (Å²) in [6.07, 6.45) is 0. The Hall–Kier alpha value is -1.78. The lowest BCUT2D eigenvalue weighted by molar-refractivity contribution is 0.0942. The van der Waals surface area contributed by atoms with Crippen LogP contribution in [-0.4, -0.2) is 5.91 Å². The molecule has 0 aliphatic rings. The van der Waals surface area contributed by atoms with Crippen molar-refractivity contribution in [3.05, 3.63) is 63.8 Å². The third-order valence-corrected chi connectivity index (χ3v) is 3.43. The van der Waals surface area contributed by atoms with Crippen LogP contribution in [0.4, 0.5) is 0 Å². The van der Waals surface area contributed by atoms with Crippen LogP contribution in [0, 0.1) is 0 Å². The molecule has 0 radical (unpaired) electrons. The first-order valence-electron chi connectivity index (χ1n) is 5.21. The van der Waals surface area contributed by atoms with Crippen molar-refractivity contribution < 1.29 is 4.79 Å². The van der Waals surface area contributed by atoms with Crippen LogP contribution in [0.25, 0.3) is 5.70 Å². The smallest absolute Gasteiger partial charge is 0.269 e. The average Bonchev–Trinajstić information content (AvgIpc) is 2.90.